The number of carboxylic acids is 1. The number of nitrogens with one attached hydrogen (secondary N) is 2. The number of aliphatic carboxylic acids is 1. The van der Waals surface area contributed by atoms with E-state index in [2.05, 4.69) is 10.6 Å². The Hall–Kier alpha value is -1.59. The third-order valence-corrected chi connectivity index (χ3v) is 3.39. The minimum atomic E-state index is -1.10. The molecule has 1 saturated carbocycles. The van der Waals surface area contributed by atoms with Crippen molar-refractivity contribution in [2.45, 2.75) is 51.5 Å². The Bertz CT molecular complexity index is 338. The second-order valence-electron chi connectivity index (χ2n) is 5.11. The van der Waals surface area contributed by atoms with E-state index in [9.17, 15) is 14.4 Å². The Morgan fingerprint density at radius 3 is 2.37 bits per heavy atom. The topological polar surface area (TPSA) is 95.5 Å². The highest BCUT2D eigenvalue weighted by atomic mass is 16.4. The maximum atomic E-state index is 11.6. The van der Waals surface area contributed by atoms with Gasteiger partial charge in [-0.3, -0.25) is 14.4 Å². The molecule has 0 radical (unpaired) electrons. The summed E-state index contributed by atoms with van der Waals surface area (Å²) in [7, 11) is 0. The molecule has 0 aromatic carbocycles. The second kappa shape index (κ2) is 7.76. The van der Waals surface area contributed by atoms with Crippen LogP contribution in [0.4, 0.5) is 0 Å². The summed E-state index contributed by atoms with van der Waals surface area (Å²) < 4.78 is 0. The fourth-order valence-electron chi connectivity index (χ4n) is 2.26. The summed E-state index contributed by atoms with van der Waals surface area (Å²) in [5, 5.41) is 13.4. The molecule has 108 valence electrons. The molecule has 1 fully saturated rings. The zero-order valence-electron chi connectivity index (χ0n) is 11.3. The van der Waals surface area contributed by atoms with Gasteiger partial charge in [0.1, 0.15) is 6.04 Å². The van der Waals surface area contributed by atoms with Crippen molar-refractivity contribution in [1.82, 2.24) is 10.6 Å². The molecule has 6 nitrogen and oxygen atoms in total. The molecular formula is C13H22N2O4. The summed E-state index contributed by atoms with van der Waals surface area (Å²) in [6.45, 7) is 1.22. The van der Waals surface area contributed by atoms with E-state index in [-0.39, 0.29) is 12.5 Å². The highest BCUT2D eigenvalue weighted by Gasteiger charge is 2.18. The van der Waals surface area contributed by atoms with Gasteiger partial charge in [0.2, 0.25) is 11.8 Å². The molecule has 0 heterocycles. The van der Waals surface area contributed by atoms with Crippen LogP contribution in [0.1, 0.15) is 45.4 Å². The van der Waals surface area contributed by atoms with Crippen LogP contribution < -0.4 is 10.6 Å². The summed E-state index contributed by atoms with van der Waals surface area (Å²) in [5.41, 5.74) is 0. The first-order chi connectivity index (χ1) is 8.99. The van der Waals surface area contributed by atoms with Crippen molar-refractivity contribution in [2.24, 2.45) is 5.92 Å². The lowest BCUT2D eigenvalue weighted by Gasteiger charge is -2.20. The van der Waals surface area contributed by atoms with E-state index in [1.165, 1.54) is 26.2 Å². The smallest absolute Gasteiger partial charge is 0.325 e. The highest BCUT2D eigenvalue weighted by molar-refractivity contribution is 5.87. The zero-order chi connectivity index (χ0) is 14.3. The number of hydrogen-bond donors (Lipinski definition) is 3. The van der Waals surface area contributed by atoms with Crippen LogP contribution in [-0.4, -0.2) is 35.5 Å². The molecule has 1 aliphatic carbocycles. The largest absolute Gasteiger partial charge is 0.480 e. The van der Waals surface area contributed by atoms with Crippen LogP contribution in [0.2, 0.25) is 0 Å². The summed E-state index contributed by atoms with van der Waals surface area (Å²) >= 11 is 0. The Labute approximate surface area is 112 Å². The highest BCUT2D eigenvalue weighted by Crippen LogP contribution is 2.25. The van der Waals surface area contributed by atoms with Crippen LogP contribution in [0.3, 0.4) is 0 Å². The van der Waals surface area contributed by atoms with E-state index in [4.69, 9.17) is 5.11 Å². The Morgan fingerprint density at radius 1 is 1.16 bits per heavy atom. The first-order valence-corrected chi connectivity index (χ1v) is 6.78. The van der Waals surface area contributed by atoms with Gasteiger partial charge in [-0.2, -0.15) is 0 Å². The van der Waals surface area contributed by atoms with Crippen molar-refractivity contribution in [3.8, 4) is 0 Å². The molecular weight excluding hydrogens is 248 g/mol. The van der Waals surface area contributed by atoms with Gasteiger partial charge in [-0.05, 0) is 25.7 Å². The second-order valence-corrected chi connectivity index (χ2v) is 5.11. The zero-order valence-corrected chi connectivity index (χ0v) is 11.3. The molecule has 1 aliphatic rings. The number of amides is 2. The standard InChI is InChI=1S/C13H22N2O4/c1-9(13(18)19)15-12(17)8-14-11(16)7-10-5-3-2-4-6-10/h9-10H,2-8H2,1H3,(H,14,16)(H,15,17)(H,18,19)/t9-/m1/s1. The monoisotopic (exact) mass is 270 g/mol. The molecule has 0 aromatic heterocycles. The van der Waals surface area contributed by atoms with Gasteiger partial charge in [-0.1, -0.05) is 19.3 Å². The molecule has 0 aliphatic heterocycles. The van der Waals surface area contributed by atoms with E-state index >= 15 is 0 Å². The molecule has 6 heteroatoms. The van der Waals surface area contributed by atoms with Crippen LogP contribution in [0.25, 0.3) is 0 Å². The van der Waals surface area contributed by atoms with Crippen LogP contribution in [0.15, 0.2) is 0 Å². The van der Waals surface area contributed by atoms with Gasteiger partial charge < -0.3 is 15.7 Å². The Kier molecular flexibility index (Phi) is 6.32. The van der Waals surface area contributed by atoms with Crippen molar-refractivity contribution < 1.29 is 19.5 Å². The molecule has 0 saturated heterocycles. The molecule has 2 amide bonds. The quantitative estimate of drug-likeness (QED) is 0.660. The third-order valence-electron chi connectivity index (χ3n) is 3.39. The minimum Gasteiger partial charge on any atom is -0.480 e. The summed E-state index contributed by atoms with van der Waals surface area (Å²) in [4.78, 5) is 33.5. The molecule has 19 heavy (non-hydrogen) atoms. The molecule has 1 atom stereocenters. The summed E-state index contributed by atoms with van der Waals surface area (Å²) in [5.74, 6) is -1.28. The first-order valence-electron chi connectivity index (χ1n) is 6.78. The van der Waals surface area contributed by atoms with Crippen molar-refractivity contribution in [2.75, 3.05) is 6.54 Å². The molecule has 0 unspecified atom stereocenters. The average molecular weight is 270 g/mol. The van der Waals surface area contributed by atoms with Crippen LogP contribution in [0.5, 0.6) is 0 Å². The minimum absolute atomic E-state index is 0.134. The van der Waals surface area contributed by atoms with Crippen LogP contribution >= 0.6 is 0 Å². The van der Waals surface area contributed by atoms with Crippen molar-refractivity contribution in [3.05, 3.63) is 0 Å². The third kappa shape index (κ3) is 6.22. The Morgan fingerprint density at radius 2 is 1.79 bits per heavy atom. The van der Waals surface area contributed by atoms with E-state index in [0.29, 0.717) is 12.3 Å². The van der Waals surface area contributed by atoms with E-state index in [1.54, 1.807) is 0 Å². The number of rotatable bonds is 6. The lowest BCUT2D eigenvalue weighted by molar-refractivity contribution is -0.141. The van der Waals surface area contributed by atoms with E-state index in [1.807, 2.05) is 0 Å². The fraction of sp³-hybridized carbons (Fsp3) is 0.769. The normalized spacial score (nSPS) is 17.5. The van der Waals surface area contributed by atoms with Gasteiger partial charge >= 0.3 is 5.97 Å². The Balaban J connectivity index is 2.18. The number of carboxylic acid groups (broad SMARTS) is 1. The van der Waals surface area contributed by atoms with Gasteiger partial charge in [-0.15, -0.1) is 0 Å². The lowest BCUT2D eigenvalue weighted by atomic mass is 9.87. The fourth-order valence-corrected chi connectivity index (χ4v) is 2.26. The van der Waals surface area contributed by atoms with Gasteiger partial charge in [0, 0.05) is 6.42 Å². The van der Waals surface area contributed by atoms with Crippen molar-refractivity contribution >= 4 is 17.8 Å². The molecule has 0 bridgehead atoms. The van der Waals surface area contributed by atoms with Crippen LogP contribution in [-0.2, 0) is 14.4 Å². The predicted molar refractivity (Wildman–Crippen MR) is 69.4 cm³/mol. The number of carbonyl (C=O) groups is 3. The van der Waals surface area contributed by atoms with Crippen molar-refractivity contribution in [1.29, 1.82) is 0 Å². The number of carbonyl (C=O) groups excluding carboxylic acids is 2. The van der Waals surface area contributed by atoms with Gasteiger partial charge in [0.25, 0.3) is 0 Å². The van der Waals surface area contributed by atoms with E-state index in [0.717, 1.165) is 12.8 Å². The first kappa shape index (κ1) is 15.5. The summed E-state index contributed by atoms with van der Waals surface area (Å²) in [6, 6.07) is -0.942. The maximum absolute atomic E-state index is 11.6. The molecule has 3 N–H and O–H groups in total. The maximum Gasteiger partial charge on any atom is 0.325 e. The number of hydrogen-bond acceptors (Lipinski definition) is 3. The average Bonchev–Trinajstić information content (AvgIpc) is 2.37. The predicted octanol–water partition coefficient (Wildman–Crippen LogP) is 0.662. The molecule has 0 spiro atoms. The lowest BCUT2D eigenvalue weighted by Crippen LogP contribution is -2.44. The SMILES string of the molecule is C[C@@H](NC(=O)CNC(=O)CC1CCCCC1)C(=O)O. The van der Waals surface area contributed by atoms with Gasteiger partial charge in [0.05, 0.1) is 6.54 Å². The van der Waals surface area contributed by atoms with Gasteiger partial charge in [-0.25, -0.2) is 0 Å². The summed E-state index contributed by atoms with van der Waals surface area (Å²) in [6.07, 6.45) is 6.21. The molecule has 1 rings (SSSR count). The molecule has 0 aromatic rings. The van der Waals surface area contributed by atoms with E-state index < -0.39 is 17.9 Å². The van der Waals surface area contributed by atoms with Crippen molar-refractivity contribution in [3.63, 3.8) is 0 Å². The van der Waals surface area contributed by atoms with Crippen LogP contribution in [0, 0.1) is 5.92 Å². The van der Waals surface area contributed by atoms with Gasteiger partial charge in [0.15, 0.2) is 0 Å².